The van der Waals surface area contributed by atoms with Crippen molar-refractivity contribution in [2.75, 3.05) is 12.9 Å². The highest BCUT2D eigenvalue weighted by Gasteiger charge is 2.13. The molecule has 1 N–H and O–H groups in total. The maximum atomic E-state index is 12.3. The highest BCUT2D eigenvalue weighted by atomic mass is 32.2. The molecule has 0 fully saturated rings. The van der Waals surface area contributed by atoms with Gasteiger partial charge in [0.25, 0.3) is 0 Å². The molecule has 0 spiro atoms. The van der Waals surface area contributed by atoms with Crippen molar-refractivity contribution in [1.82, 2.24) is 9.55 Å². The van der Waals surface area contributed by atoms with Crippen molar-refractivity contribution in [2.24, 2.45) is 0 Å². The smallest absolute Gasteiger partial charge is 0.326 e. The summed E-state index contributed by atoms with van der Waals surface area (Å²) in [6.45, 7) is 2.78. The molecule has 6 nitrogen and oxygen atoms in total. The molecule has 0 amide bonds. The molecule has 2 aromatic carbocycles. The minimum absolute atomic E-state index is 0.179. The van der Waals surface area contributed by atoms with Gasteiger partial charge in [0, 0.05) is 11.8 Å². The van der Waals surface area contributed by atoms with Crippen LogP contribution in [0, 0.1) is 0 Å². The number of sulfone groups is 1. The second-order valence-electron chi connectivity index (χ2n) is 5.51. The van der Waals surface area contributed by atoms with Gasteiger partial charge in [-0.1, -0.05) is 18.2 Å². The lowest BCUT2D eigenvalue weighted by atomic mass is 10.2. The van der Waals surface area contributed by atoms with Crippen LogP contribution in [-0.4, -0.2) is 30.8 Å². The molecular weight excluding hydrogens is 328 g/mol. The Balaban J connectivity index is 2.08. The van der Waals surface area contributed by atoms with Crippen LogP contribution in [0.2, 0.25) is 0 Å². The van der Waals surface area contributed by atoms with Crippen LogP contribution >= 0.6 is 0 Å². The highest BCUT2D eigenvalue weighted by Crippen LogP contribution is 2.22. The van der Waals surface area contributed by atoms with Crippen LogP contribution in [0.4, 0.5) is 0 Å². The summed E-state index contributed by atoms with van der Waals surface area (Å²) < 4.78 is 30.5. The molecule has 7 heteroatoms. The lowest BCUT2D eigenvalue weighted by molar-refractivity contribution is 0.336. The highest BCUT2D eigenvalue weighted by molar-refractivity contribution is 7.90. The Morgan fingerprint density at radius 3 is 2.62 bits per heavy atom. The predicted octanol–water partition coefficient (Wildman–Crippen LogP) is 2.18. The molecule has 24 heavy (non-hydrogen) atoms. The first-order valence-corrected chi connectivity index (χ1v) is 9.42. The number of benzene rings is 2. The van der Waals surface area contributed by atoms with Gasteiger partial charge in [-0.25, -0.2) is 13.2 Å². The van der Waals surface area contributed by atoms with Crippen LogP contribution in [0.15, 0.2) is 52.2 Å². The summed E-state index contributed by atoms with van der Waals surface area (Å²) in [5, 5.41) is 0. The summed E-state index contributed by atoms with van der Waals surface area (Å²) in [4.78, 5) is 15.2. The predicted molar refractivity (Wildman–Crippen MR) is 92.4 cm³/mol. The fraction of sp³-hybridized carbons (Fsp3) is 0.235. The van der Waals surface area contributed by atoms with Gasteiger partial charge < -0.3 is 9.72 Å². The fourth-order valence-corrected chi connectivity index (χ4v) is 3.28. The third-order valence-corrected chi connectivity index (χ3v) is 4.88. The van der Waals surface area contributed by atoms with Gasteiger partial charge in [-0.2, -0.15) is 0 Å². The lowest BCUT2D eigenvalue weighted by Crippen LogP contribution is -2.17. The molecule has 0 saturated heterocycles. The molecule has 0 bridgehead atoms. The largest absolute Gasteiger partial charge is 0.494 e. The Bertz CT molecular complexity index is 1050. The maximum absolute atomic E-state index is 12.3. The molecule has 0 unspecified atom stereocenters. The first-order valence-electron chi connectivity index (χ1n) is 7.53. The molecule has 0 saturated carbocycles. The zero-order valence-electron chi connectivity index (χ0n) is 13.4. The van der Waals surface area contributed by atoms with Gasteiger partial charge in [0.2, 0.25) is 0 Å². The van der Waals surface area contributed by atoms with Gasteiger partial charge in [0.05, 0.1) is 29.1 Å². The van der Waals surface area contributed by atoms with E-state index < -0.39 is 9.84 Å². The number of aromatic nitrogens is 2. The van der Waals surface area contributed by atoms with E-state index in [4.69, 9.17) is 4.74 Å². The first kappa shape index (κ1) is 16.3. The monoisotopic (exact) mass is 346 g/mol. The summed E-state index contributed by atoms with van der Waals surface area (Å²) in [6, 6.07) is 12.2. The Hall–Kier alpha value is -2.54. The van der Waals surface area contributed by atoms with Gasteiger partial charge >= 0.3 is 5.69 Å². The third-order valence-electron chi connectivity index (χ3n) is 3.77. The molecule has 126 valence electrons. The SMILES string of the molecule is CCOc1ccccc1Cn1c(=O)[nH]c2cc(S(C)(=O)=O)ccc21. The Morgan fingerprint density at radius 2 is 1.92 bits per heavy atom. The maximum Gasteiger partial charge on any atom is 0.326 e. The Labute approximate surface area is 139 Å². The quantitative estimate of drug-likeness (QED) is 0.768. The van der Waals surface area contributed by atoms with E-state index in [0.717, 1.165) is 17.6 Å². The van der Waals surface area contributed by atoms with Crippen LogP contribution in [0.3, 0.4) is 0 Å². The van der Waals surface area contributed by atoms with Crippen LogP contribution in [0.1, 0.15) is 12.5 Å². The van der Waals surface area contributed by atoms with Gasteiger partial charge in [0.1, 0.15) is 5.75 Å². The number of para-hydroxylation sites is 1. The van der Waals surface area contributed by atoms with Gasteiger partial charge in [0.15, 0.2) is 9.84 Å². The van der Waals surface area contributed by atoms with Crippen molar-refractivity contribution in [3.05, 3.63) is 58.5 Å². The van der Waals surface area contributed by atoms with E-state index in [1.165, 1.54) is 12.1 Å². The summed E-state index contributed by atoms with van der Waals surface area (Å²) >= 11 is 0. The molecule has 0 aliphatic rings. The zero-order valence-corrected chi connectivity index (χ0v) is 14.3. The van der Waals surface area contributed by atoms with Crippen LogP contribution in [0.25, 0.3) is 11.0 Å². The second-order valence-corrected chi connectivity index (χ2v) is 7.52. The Morgan fingerprint density at radius 1 is 1.17 bits per heavy atom. The van der Waals surface area contributed by atoms with Crippen molar-refractivity contribution < 1.29 is 13.2 Å². The van der Waals surface area contributed by atoms with Crippen molar-refractivity contribution in [3.8, 4) is 5.75 Å². The summed E-state index contributed by atoms with van der Waals surface area (Å²) in [6.07, 6.45) is 1.14. The topological polar surface area (TPSA) is 81.2 Å². The number of fused-ring (bicyclic) bond motifs is 1. The van der Waals surface area contributed by atoms with Gasteiger partial charge in [-0.05, 0) is 31.2 Å². The van der Waals surface area contributed by atoms with Crippen LogP contribution in [0.5, 0.6) is 5.75 Å². The van der Waals surface area contributed by atoms with E-state index in [2.05, 4.69) is 4.98 Å². The van der Waals surface area contributed by atoms with E-state index in [9.17, 15) is 13.2 Å². The van der Waals surface area contributed by atoms with E-state index in [-0.39, 0.29) is 10.6 Å². The molecule has 1 heterocycles. The number of aromatic amines is 1. The number of nitrogens with zero attached hydrogens (tertiary/aromatic N) is 1. The van der Waals surface area contributed by atoms with E-state index >= 15 is 0 Å². The number of hydrogen-bond donors (Lipinski definition) is 1. The zero-order chi connectivity index (χ0) is 17.3. The van der Waals surface area contributed by atoms with Crippen molar-refractivity contribution >= 4 is 20.9 Å². The molecular formula is C17H18N2O4S. The average Bonchev–Trinajstić information content (AvgIpc) is 2.84. The molecule has 0 aliphatic heterocycles. The minimum atomic E-state index is -3.32. The molecule has 1 aromatic heterocycles. The molecule has 3 aromatic rings. The number of nitrogens with one attached hydrogen (secondary N) is 1. The van der Waals surface area contributed by atoms with E-state index in [1.807, 2.05) is 31.2 Å². The molecule has 0 atom stereocenters. The van der Waals surface area contributed by atoms with Crippen molar-refractivity contribution in [3.63, 3.8) is 0 Å². The molecule has 0 radical (unpaired) electrons. The average molecular weight is 346 g/mol. The van der Waals surface area contributed by atoms with Gasteiger partial charge in [-0.15, -0.1) is 0 Å². The molecule has 0 aliphatic carbocycles. The third kappa shape index (κ3) is 3.07. The molecule has 3 rings (SSSR count). The first-order chi connectivity index (χ1) is 11.4. The number of hydrogen-bond acceptors (Lipinski definition) is 4. The fourth-order valence-electron chi connectivity index (χ4n) is 2.63. The standard InChI is InChI=1S/C17H18N2O4S/c1-3-23-16-7-5-4-6-12(16)11-19-15-9-8-13(24(2,21)22)10-14(15)18-17(19)20/h4-10H,3,11H2,1-2H3,(H,18,20). The summed E-state index contributed by atoms with van der Waals surface area (Å²) in [5.74, 6) is 0.731. The van der Waals surface area contributed by atoms with Crippen molar-refractivity contribution in [1.29, 1.82) is 0 Å². The van der Waals surface area contributed by atoms with E-state index in [0.29, 0.717) is 24.2 Å². The normalized spacial score (nSPS) is 11.8. The minimum Gasteiger partial charge on any atom is -0.494 e. The summed E-state index contributed by atoms with van der Waals surface area (Å²) in [7, 11) is -3.32. The van der Waals surface area contributed by atoms with E-state index in [1.54, 1.807) is 10.6 Å². The number of imidazole rings is 1. The Kier molecular flexibility index (Phi) is 4.19. The van der Waals surface area contributed by atoms with Gasteiger partial charge in [-0.3, -0.25) is 4.57 Å². The summed E-state index contributed by atoms with van der Waals surface area (Å²) in [5.41, 5.74) is 1.74. The number of H-pyrrole nitrogens is 1. The lowest BCUT2D eigenvalue weighted by Gasteiger charge is -2.10. The number of rotatable bonds is 5. The second kappa shape index (κ2) is 6.16. The van der Waals surface area contributed by atoms with Crippen molar-refractivity contribution in [2.45, 2.75) is 18.4 Å². The van der Waals surface area contributed by atoms with Crippen LogP contribution in [-0.2, 0) is 16.4 Å². The number of ether oxygens (including phenoxy) is 1. The van der Waals surface area contributed by atoms with Crippen LogP contribution < -0.4 is 10.4 Å².